The van der Waals surface area contributed by atoms with E-state index < -0.39 is 18.4 Å². The number of benzene rings is 1. The van der Waals surface area contributed by atoms with Gasteiger partial charge in [-0.15, -0.1) is 0 Å². The highest BCUT2D eigenvalue weighted by Gasteiger charge is 2.35. The number of hydrogen-bond donors (Lipinski definition) is 2. The van der Waals surface area contributed by atoms with E-state index in [1.165, 1.54) is 18.2 Å². The maximum absolute atomic E-state index is 11.3. The molecule has 0 unspecified atom stereocenters. The van der Waals surface area contributed by atoms with Crippen LogP contribution in [0.3, 0.4) is 0 Å². The van der Waals surface area contributed by atoms with E-state index in [0.29, 0.717) is 5.69 Å². The molecule has 0 saturated carbocycles. The van der Waals surface area contributed by atoms with Crippen molar-refractivity contribution in [3.8, 4) is 5.75 Å². The van der Waals surface area contributed by atoms with E-state index >= 15 is 0 Å². The number of anilines is 1. The molecule has 2 rings (SSSR count). The monoisotopic (exact) mass is 193 g/mol. The van der Waals surface area contributed by atoms with Gasteiger partial charge in [0, 0.05) is 0 Å². The van der Waals surface area contributed by atoms with Crippen molar-refractivity contribution >= 4 is 17.4 Å². The van der Waals surface area contributed by atoms with E-state index in [9.17, 15) is 9.59 Å². The highest BCUT2D eigenvalue weighted by atomic mass is 16.3. The fraction of sp³-hybridized carbons (Fsp3) is 0.111. The van der Waals surface area contributed by atoms with Crippen molar-refractivity contribution in [2.24, 2.45) is 0 Å². The molecular weight excluding hydrogens is 186 g/mol. The molecule has 5 heteroatoms. The van der Waals surface area contributed by atoms with Crippen molar-refractivity contribution < 1.29 is 19.8 Å². The second-order valence-corrected chi connectivity index (χ2v) is 2.91. The number of carbonyl (C=O) groups excluding carboxylic acids is 2. The number of hydrogen-bond acceptors (Lipinski definition) is 4. The summed E-state index contributed by atoms with van der Waals surface area (Å²) in [5, 5.41) is 18.0. The molecule has 1 heterocycles. The minimum atomic E-state index is -0.770. The van der Waals surface area contributed by atoms with Gasteiger partial charge in [-0.3, -0.25) is 14.5 Å². The maximum Gasteiger partial charge on any atom is 0.301 e. The molecule has 0 bridgehead atoms. The number of nitrogens with zero attached hydrogens (tertiary/aromatic N) is 1. The third-order valence-corrected chi connectivity index (χ3v) is 2.10. The Balaban J connectivity index is 2.61. The Labute approximate surface area is 79.2 Å². The zero-order valence-corrected chi connectivity index (χ0v) is 7.10. The smallest absolute Gasteiger partial charge is 0.301 e. The number of phenols is 1. The second kappa shape index (κ2) is 2.81. The largest absolute Gasteiger partial charge is 0.508 e. The first-order valence-corrected chi connectivity index (χ1v) is 3.95. The highest BCUT2D eigenvalue weighted by Crippen LogP contribution is 2.30. The van der Waals surface area contributed by atoms with E-state index in [2.05, 4.69) is 0 Å². The predicted molar refractivity (Wildman–Crippen MR) is 47.0 cm³/mol. The summed E-state index contributed by atoms with van der Waals surface area (Å²) in [5.74, 6) is -1.55. The Morgan fingerprint density at radius 3 is 2.64 bits per heavy atom. The van der Waals surface area contributed by atoms with E-state index in [1.54, 1.807) is 0 Å². The third-order valence-electron chi connectivity index (χ3n) is 2.10. The van der Waals surface area contributed by atoms with Gasteiger partial charge in [0.1, 0.15) is 12.5 Å². The minimum Gasteiger partial charge on any atom is -0.508 e. The minimum absolute atomic E-state index is 0.0790. The Hall–Kier alpha value is -1.88. The number of aliphatic hydroxyl groups is 1. The Bertz CT molecular complexity index is 427. The molecule has 72 valence electrons. The highest BCUT2D eigenvalue weighted by molar-refractivity contribution is 6.52. The van der Waals surface area contributed by atoms with Gasteiger partial charge in [-0.25, -0.2) is 0 Å². The maximum atomic E-state index is 11.3. The van der Waals surface area contributed by atoms with Crippen LogP contribution in [-0.2, 0) is 4.79 Å². The van der Waals surface area contributed by atoms with Crippen LogP contribution in [0.15, 0.2) is 18.2 Å². The average molecular weight is 193 g/mol. The van der Waals surface area contributed by atoms with Crippen LogP contribution in [0.4, 0.5) is 5.69 Å². The number of carbonyl (C=O) groups is 2. The van der Waals surface area contributed by atoms with Gasteiger partial charge in [-0.1, -0.05) is 0 Å². The van der Waals surface area contributed by atoms with Gasteiger partial charge in [0.2, 0.25) is 0 Å². The standard InChI is InChI=1S/C9H7NO4/c11-4-10-7-2-1-5(12)3-6(7)8(13)9(10)14/h1-3,11-12H,4H2. The fourth-order valence-corrected chi connectivity index (χ4v) is 1.43. The zero-order chi connectivity index (χ0) is 10.3. The van der Waals surface area contributed by atoms with Crippen LogP contribution in [-0.4, -0.2) is 28.6 Å². The topological polar surface area (TPSA) is 77.8 Å². The summed E-state index contributed by atoms with van der Waals surface area (Å²) in [5.41, 5.74) is 0.462. The number of rotatable bonds is 1. The van der Waals surface area contributed by atoms with Crippen LogP contribution < -0.4 is 4.90 Å². The molecule has 1 aromatic carbocycles. The normalized spacial score (nSPS) is 14.8. The van der Waals surface area contributed by atoms with Gasteiger partial charge in [0.15, 0.2) is 0 Å². The zero-order valence-electron chi connectivity index (χ0n) is 7.10. The molecule has 0 saturated heterocycles. The number of phenolic OH excluding ortho intramolecular Hbond substituents is 1. The summed E-state index contributed by atoms with van der Waals surface area (Å²) in [7, 11) is 0. The van der Waals surface area contributed by atoms with Crippen LogP contribution >= 0.6 is 0 Å². The summed E-state index contributed by atoms with van der Waals surface area (Å²) in [6, 6.07) is 3.99. The summed E-state index contributed by atoms with van der Waals surface area (Å²) >= 11 is 0. The molecule has 1 aliphatic heterocycles. The van der Waals surface area contributed by atoms with Crippen LogP contribution in [0.1, 0.15) is 10.4 Å². The van der Waals surface area contributed by atoms with Gasteiger partial charge < -0.3 is 10.2 Å². The molecule has 0 aliphatic carbocycles. The first-order valence-electron chi connectivity index (χ1n) is 3.95. The molecule has 0 atom stereocenters. The molecule has 0 aromatic heterocycles. The number of aromatic hydroxyl groups is 1. The number of Topliss-reactive ketones (excluding diaryl/α,β-unsaturated/α-hetero) is 1. The summed E-state index contributed by atoms with van der Waals surface area (Å²) in [4.78, 5) is 23.5. The van der Waals surface area contributed by atoms with Crippen LogP contribution in [0.25, 0.3) is 0 Å². The van der Waals surface area contributed by atoms with E-state index in [1.807, 2.05) is 0 Å². The molecule has 1 amide bonds. The lowest BCUT2D eigenvalue weighted by molar-refractivity contribution is -0.114. The van der Waals surface area contributed by atoms with Crippen molar-refractivity contribution in [1.29, 1.82) is 0 Å². The predicted octanol–water partition coefficient (Wildman–Crippen LogP) is -0.129. The first-order chi connectivity index (χ1) is 6.65. The lowest BCUT2D eigenvalue weighted by Crippen LogP contribution is -2.30. The van der Waals surface area contributed by atoms with Gasteiger partial charge >= 0.3 is 5.91 Å². The molecule has 0 fully saturated rings. The quantitative estimate of drug-likeness (QED) is 0.609. The van der Waals surface area contributed by atoms with E-state index in [-0.39, 0.29) is 11.3 Å². The number of fused-ring (bicyclic) bond motifs is 1. The van der Waals surface area contributed by atoms with Crippen LogP contribution in [0, 0.1) is 0 Å². The van der Waals surface area contributed by atoms with E-state index in [0.717, 1.165) is 4.90 Å². The van der Waals surface area contributed by atoms with Crippen LogP contribution in [0.2, 0.25) is 0 Å². The lowest BCUT2D eigenvalue weighted by atomic mass is 10.1. The fourth-order valence-electron chi connectivity index (χ4n) is 1.43. The van der Waals surface area contributed by atoms with Gasteiger partial charge in [-0.05, 0) is 18.2 Å². The van der Waals surface area contributed by atoms with Crippen molar-refractivity contribution in [3.05, 3.63) is 23.8 Å². The molecular formula is C9H7NO4. The molecule has 14 heavy (non-hydrogen) atoms. The Morgan fingerprint density at radius 2 is 2.00 bits per heavy atom. The number of aliphatic hydroxyl groups excluding tert-OH is 1. The van der Waals surface area contributed by atoms with Crippen molar-refractivity contribution in [2.45, 2.75) is 0 Å². The molecule has 5 nitrogen and oxygen atoms in total. The lowest BCUT2D eigenvalue weighted by Gasteiger charge is -2.11. The Morgan fingerprint density at radius 1 is 1.29 bits per heavy atom. The number of ketones is 1. The van der Waals surface area contributed by atoms with Crippen molar-refractivity contribution in [3.63, 3.8) is 0 Å². The molecule has 1 aromatic rings. The second-order valence-electron chi connectivity index (χ2n) is 2.91. The number of amides is 1. The van der Waals surface area contributed by atoms with Crippen molar-refractivity contribution in [2.75, 3.05) is 11.6 Å². The van der Waals surface area contributed by atoms with Crippen LogP contribution in [0.5, 0.6) is 5.75 Å². The summed E-state index contributed by atoms with van der Waals surface area (Å²) in [6.07, 6.45) is 0. The molecule has 0 spiro atoms. The van der Waals surface area contributed by atoms with E-state index in [4.69, 9.17) is 10.2 Å². The van der Waals surface area contributed by atoms with Crippen molar-refractivity contribution in [1.82, 2.24) is 0 Å². The summed E-state index contributed by atoms with van der Waals surface area (Å²) in [6.45, 7) is -0.539. The third kappa shape index (κ3) is 0.993. The molecule has 0 radical (unpaired) electrons. The molecule has 2 N–H and O–H groups in total. The first kappa shape index (κ1) is 8.71. The van der Waals surface area contributed by atoms with Gasteiger partial charge in [0.05, 0.1) is 11.3 Å². The Kier molecular flexibility index (Phi) is 1.75. The van der Waals surface area contributed by atoms with Gasteiger partial charge in [-0.2, -0.15) is 0 Å². The SMILES string of the molecule is O=C1C(=O)N(CO)c2ccc(O)cc21. The summed E-state index contributed by atoms with van der Waals surface area (Å²) < 4.78 is 0. The average Bonchev–Trinajstić information content (AvgIpc) is 2.41. The van der Waals surface area contributed by atoms with Gasteiger partial charge in [0.25, 0.3) is 5.78 Å². The molecule has 1 aliphatic rings.